The van der Waals surface area contributed by atoms with Crippen LogP contribution >= 0.6 is 31.9 Å². The van der Waals surface area contributed by atoms with Crippen molar-refractivity contribution in [2.75, 3.05) is 5.32 Å². The Labute approximate surface area is 135 Å². The number of rotatable bonds is 3. The minimum atomic E-state index is -4.72. The Balaban J connectivity index is 2.18. The molecule has 0 saturated carbocycles. The van der Waals surface area contributed by atoms with E-state index in [2.05, 4.69) is 46.9 Å². The van der Waals surface area contributed by atoms with Crippen molar-refractivity contribution in [2.45, 2.75) is 13.3 Å². The zero-order valence-electron chi connectivity index (χ0n) is 10.6. The molecule has 2 aromatic rings. The van der Waals surface area contributed by atoms with Gasteiger partial charge in [0.25, 0.3) is 0 Å². The number of halogens is 5. The van der Waals surface area contributed by atoms with Crippen molar-refractivity contribution in [3.8, 4) is 5.75 Å². The van der Waals surface area contributed by atoms with Gasteiger partial charge in [0, 0.05) is 16.4 Å². The molecule has 21 heavy (non-hydrogen) atoms. The highest BCUT2D eigenvalue weighted by Gasteiger charge is 2.31. The predicted molar refractivity (Wildman–Crippen MR) is 80.8 cm³/mol. The third-order valence-corrected chi connectivity index (χ3v) is 3.93. The van der Waals surface area contributed by atoms with Crippen LogP contribution in [0.15, 0.2) is 39.4 Å². The topological polar surface area (TPSA) is 34.1 Å². The average molecular weight is 426 g/mol. The van der Waals surface area contributed by atoms with E-state index >= 15 is 0 Å². The Bertz CT molecular complexity index is 662. The predicted octanol–water partition coefficient (Wildman–Crippen LogP) is 5.56. The highest BCUT2D eigenvalue weighted by Crippen LogP contribution is 2.33. The number of ether oxygens (including phenoxy) is 1. The Kier molecular flexibility index (Phi) is 4.77. The van der Waals surface area contributed by atoms with E-state index < -0.39 is 6.36 Å². The second kappa shape index (κ2) is 6.23. The van der Waals surface area contributed by atoms with Crippen molar-refractivity contribution in [1.29, 1.82) is 0 Å². The van der Waals surface area contributed by atoms with Crippen LogP contribution in [0.1, 0.15) is 5.56 Å². The molecule has 0 aliphatic carbocycles. The van der Waals surface area contributed by atoms with E-state index in [4.69, 9.17) is 0 Å². The number of benzene rings is 1. The largest absolute Gasteiger partial charge is 0.573 e. The molecule has 1 N–H and O–H groups in total. The molecule has 1 heterocycles. The molecule has 0 aliphatic heterocycles. The summed E-state index contributed by atoms with van der Waals surface area (Å²) in [4.78, 5) is 4.16. The number of aryl methyl sites for hydroxylation is 1. The van der Waals surface area contributed by atoms with Gasteiger partial charge >= 0.3 is 6.36 Å². The van der Waals surface area contributed by atoms with Gasteiger partial charge in [-0.1, -0.05) is 0 Å². The summed E-state index contributed by atoms with van der Waals surface area (Å²) in [6, 6.07) is 6.01. The first-order chi connectivity index (χ1) is 9.74. The fourth-order valence-electron chi connectivity index (χ4n) is 1.54. The van der Waals surface area contributed by atoms with Crippen molar-refractivity contribution < 1.29 is 17.9 Å². The highest BCUT2D eigenvalue weighted by molar-refractivity contribution is 9.10. The lowest BCUT2D eigenvalue weighted by Crippen LogP contribution is -2.17. The van der Waals surface area contributed by atoms with Gasteiger partial charge in [0.15, 0.2) is 0 Å². The number of nitrogens with zero attached hydrogens (tertiary/aromatic N) is 1. The Morgan fingerprint density at radius 3 is 2.43 bits per heavy atom. The second-order valence-corrected chi connectivity index (χ2v) is 5.85. The summed E-state index contributed by atoms with van der Waals surface area (Å²) in [5.74, 6) is 0.292. The molecule has 112 valence electrons. The fraction of sp³-hybridized carbons (Fsp3) is 0.154. The van der Waals surface area contributed by atoms with Crippen molar-refractivity contribution in [3.05, 3.63) is 45.0 Å². The lowest BCUT2D eigenvalue weighted by Gasteiger charge is -2.12. The Morgan fingerprint density at radius 2 is 1.86 bits per heavy atom. The van der Waals surface area contributed by atoms with Crippen molar-refractivity contribution in [2.24, 2.45) is 0 Å². The van der Waals surface area contributed by atoms with Crippen LogP contribution in [0.2, 0.25) is 0 Å². The van der Waals surface area contributed by atoms with Crippen LogP contribution in [0.3, 0.4) is 0 Å². The van der Waals surface area contributed by atoms with Gasteiger partial charge in [0.05, 0.1) is 4.47 Å². The summed E-state index contributed by atoms with van der Waals surface area (Å²) in [7, 11) is 0. The molecular weight excluding hydrogens is 417 g/mol. The zero-order valence-corrected chi connectivity index (χ0v) is 13.8. The van der Waals surface area contributed by atoms with Crippen LogP contribution in [0.5, 0.6) is 5.75 Å². The molecule has 2 rings (SSSR count). The normalized spacial score (nSPS) is 11.3. The van der Waals surface area contributed by atoms with E-state index in [0.717, 1.165) is 10.0 Å². The van der Waals surface area contributed by atoms with Gasteiger partial charge < -0.3 is 10.1 Å². The number of nitrogens with one attached hydrogen (secondary N) is 1. The van der Waals surface area contributed by atoms with E-state index in [1.807, 2.05) is 13.0 Å². The molecule has 0 fully saturated rings. The number of anilines is 2. The molecule has 0 amide bonds. The summed E-state index contributed by atoms with van der Waals surface area (Å²) in [6.45, 7) is 1.91. The zero-order chi connectivity index (χ0) is 15.6. The first kappa shape index (κ1) is 16.1. The maximum Gasteiger partial charge on any atom is 0.573 e. The van der Waals surface area contributed by atoms with E-state index in [1.165, 1.54) is 18.2 Å². The van der Waals surface area contributed by atoms with Gasteiger partial charge in [-0.15, -0.1) is 13.2 Å². The molecule has 0 spiro atoms. The average Bonchev–Trinajstić information content (AvgIpc) is 2.36. The van der Waals surface area contributed by atoms with Crippen molar-refractivity contribution in [1.82, 2.24) is 4.98 Å². The lowest BCUT2D eigenvalue weighted by atomic mass is 10.2. The molecule has 0 radical (unpaired) electrons. The number of hydrogen-bond donors (Lipinski definition) is 1. The third-order valence-electron chi connectivity index (χ3n) is 2.48. The number of hydrogen-bond acceptors (Lipinski definition) is 3. The van der Waals surface area contributed by atoms with E-state index in [-0.39, 0.29) is 10.2 Å². The quantitative estimate of drug-likeness (QED) is 0.699. The first-order valence-corrected chi connectivity index (χ1v) is 7.28. The van der Waals surface area contributed by atoms with Crippen molar-refractivity contribution >= 4 is 43.4 Å². The molecule has 1 aromatic heterocycles. The van der Waals surface area contributed by atoms with Crippen LogP contribution in [0, 0.1) is 6.92 Å². The van der Waals surface area contributed by atoms with Crippen LogP contribution in [0.25, 0.3) is 0 Å². The Morgan fingerprint density at radius 1 is 1.14 bits per heavy atom. The maximum absolute atomic E-state index is 12.2. The van der Waals surface area contributed by atoms with Gasteiger partial charge in [-0.2, -0.15) is 0 Å². The molecule has 0 saturated heterocycles. The van der Waals surface area contributed by atoms with Gasteiger partial charge in [-0.3, -0.25) is 0 Å². The SMILES string of the molecule is Cc1cc(Nc2ccc(OC(F)(F)F)c(Br)c2)ncc1Br. The molecular formula is C13H9Br2F3N2O. The summed E-state index contributed by atoms with van der Waals surface area (Å²) in [6.07, 6.45) is -3.07. The first-order valence-electron chi connectivity index (χ1n) is 5.69. The monoisotopic (exact) mass is 424 g/mol. The smallest absolute Gasteiger partial charge is 0.405 e. The molecule has 0 unspecified atom stereocenters. The minimum absolute atomic E-state index is 0.193. The number of alkyl halides is 3. The molecule has 0 bridgehead atoms. The molecule has 8 heteroatoms. The summed E-state index contributed by atoms with van der Waals surface area (Å²) in [5, 5.41) is 3.00. The lowest BCUT2D eigenvalue weighted by molar-refractivity contribution is -0.274. The van der Waals surface area contributed by atoms with Gasteiger partial charge in [0.2, 0.25) is 0 Å². The number of pyridine rings is 1. The van der Waals surface area contributed by atoms with Crippen LogP contribution in [0.4, 0.5) is 24.7 Å². The summed E-state index contributed by atoms with van der Waals surface area (Å²) < 4.78 is 41.5. The van der Waals surface area contributed by atoms with Crippen LogP contribution in [-0.2, 0) is 0 Å². The summed E-state index contributed by atoms with van der Waals surface area (Å²) >= 11 is 6.39. The van der Waals surface area contributed by atoms with Gasteiger partial charge in [-0.05, 0) is 68.6 Å². The number of aromatic nitrogens is 1. The molecule has 0 atom stereocenters. The standard InChI is InChI=1S/C13H9Br2F3N2O/c1-7-4-12(19-6-10(7)15)20-8-2-3-11(9(14)5-8)21-13(16,17)18/h2-6H,1H3,(H,19,20). The third kappa shape index (κ3) is 4.60. The molecule has 1 aromatic carbocycles. The minimum Gasteiger partial charge on any atom is -0.405 e. The van der Waals surface area contributed by atoms with Gasteiger partial charge in [0.1, 0.15) is 11.6 Å². The molecule has 3 nitrogen and oxygen atoms in total. The van der Waals surface area contributed by atoms with E-state index in [0.29, 0.717) is 11.5 Å². The van der Waals surface area contributed by atoms with E-state index in [1.54, 1.807) is 6.20 Å². The summed E-state index contributed by atoms with van der Waals surface area (Å²) in [5.41, 5.74) is 1.58. The van der Waals surface area contributed by atoms with Crippen molar-refractivity contribution in [3.63, 3.8) is 0 Å². The van der Waals surface area contributed by atoms with Crippen LogP contribution in [-0.4, -0.2) is 11.3 Å². The highest BCUT2D eigenvalue weighted by atomic mass is 79.9. The van der Waals surface area contributed by atoms with E-state index in [9.17, 15) is 13.2 Å². The Hall–Kier alpha value is -1.28. The maximum atomic E-state index is 12.2. The van der Waals surface area contributed by atoms with Crippen LogP contribution < -0.4 is 10.1 Å². The second-order valence-electron chi connectivity index (χ2n) is 4.14. The molecule has 0 aliphatic rings. The fourth-order valence-corrected chi connectivity index (χ4v) is 2.22. The van der Waals surface area contributed by atoms with Gasteiger partial charge in [-0.25, -0.2) is 4.98 Å².